The Labute approximate surface area is 204 Å². The van der Waals surface area contributed by atoms with Crippen LogP contribution in [0, 0.1) is 11.3 Å². The Morgan fingerprint density at radius 1 is 1.18 bits per heavy atom. The molecule has 0 bridgehead atoms. The molecule has 4 aromatic rings. The summed E-state index contributed by atoms with van der Waals surface area (Å²) >= 11 is 7.44. The number of aromatic nitrogens is 4. The molecule has 1 aromatic carbocycles. The Morgan fingerprint density at radius 3 is 2.76 bits per heavy atom. The van der Waals surface area contributed by atoms with E-state index in [2.05, 4.69) is 31.6 Å². The van der Waals surface area contributed by atoms with E-state index in [0.29, 0.717) is 39.1 Å². The van der Waals surface area contributed by atoms with Gasteiger partial charge in [0.05, 0.1) is 30.5 Å². The lowest BCUT2D eigenvalue weighted by Crippen LogP contribution is -2.13. The monoisotopic (exact) mass is 488 g/mol. The van der Waals surface area contributed by atoms with E-state index in [1.54, 1.807) is 24.5 Å². The van der Waals surface area contributed by atoms with Crippen molar-refractivity contribution in [3.63, 3.8) is 0 Å². The van der Waals surface area contributed by atoms with Gasteiger partial charge >= 0.3 is 0 Å². The van der Waals surface area contributed by atoms with E-state index in [9.17, 15) is 4.79 Å². The lowest BCUT2D eigenvalue weighted by molar-refractivity contribution is 0.102. The van der Waals surface area contributed by atoms with Gasteiger partial charge in [-0.05, 0) is 42.2 Å². The first-order valence-corrected chi connectivity index (χ1v) is 11.6. The van der Waals surface area contributed by atoms with E-state index in [4.69, 9.17) is 21.6 Å². The summed E-state index contributed by atoms with van der Waals surface area (Å²) in [5, 5.41) is 21.9. The van der Waals surface area contributed by atoms with Crippen molar-refractivity contribution in [2.45, 2.75) is 18.3 Å². The molecular weight excluding hydrogens is 472 g/mol. The van der Waals surface area contributed by atoms with Crippen molar-refractivity contribution in [3.05, 3.63) is 81.8 Å². The maximum absolute atomic E-state index is 13.1. The Balaban J connectivity index is 1.33. The zero-order valence-electron chi connectivity index (χ0n) is 17.9. The molecule has 1 aliphatic rings. The van der Waals surface area contributed by atoms with Crippen molar-refractivity contribution in [1.29, 1.82) is 5.26 Å². The number of nitriles is 1. The van der Waals surface area contributed by atoms with Gasteiger partial charge in [0.25, 0.3) is 5.91 Å². The van der Waals surface area contributed by atoms with E-state index >= 15 is 0 Å². The topological polar surface area (TPSA) is 114 Å². The van der Waals surface area contributed by atoms with Gasteiger partial charge in [0.2, 0.25) is 5.13 Å². The summed E-state index contributed by atoms with van der Waals surface area (Å²) in [6.07, 6.45) is 5.60. The summed E-state index contributed by atoms with van der Waals surface area (Å²) in [6.45, 7) is 0. The molecule has 1 saturated carbocycles. The molecule has 3 aromatic heterocycles. The third-order valence-corrected chi connectivity index (χ3v) is 6.82. The molecule has 1 fully saturated rings. The second-order valence-electron chi connectivity index (χ2n) is 7.71. The van der Waals surface area contributed by atoms with Gasteiger partial charge in [0.1, 0.15) is 15.9 Å². The van der Waals surface area contributed by atoms with Gasteiger partial charge in [0.15, 0.2) is 0 Å². The molecule has 1 amide bonds. The number of carbonyl (C=O) groups excluding carboxylic acids is 1. The smallest absolute Gasteiger partial charge is 0.258 e. The molecule has 3 heterocycles. The number of hydrogen-bond acceptors (Lipinski definition) is 8. The van der Waals surface area contributed by atoms with E-state index in [0.717, 1.165) is 11.4 Å². The molecule has 168 valence electrons. The van der Waals surface area contributed by atoms with Crippen LogP contribution in [0.25, 0.3) is 11.1 Å². The predicted octanol–water partition coefficient (Wildman–Crippen LogP) is 5.05. The normalized spacial score (nSPS) is 16.5. The standard InChI is InChI=1S/C24H17ClN6O2S/c1-33-20-12-28-21(25)9-17(20)19-11-27-7-6-15(19)22(32)29-24-31-30-23(34-24)18-8-16(18)14-4-2-13(10-26)3-5-14/h2-7,9,11-12,16,18H,8H2,1H3,(H,29,31,32). The number of nitrogens with one attached hydrogen (secondary N) is 1. The van der Waals surface area contributed by atoms with Crippen LogP contribution in [-0.2, 0) is 0 Å². The Bertz CT molecular complexity index is 1420. The minimum atomic E-state index is -0.338. The molecule has 0 radical (unpaired) electrons. The molecule has 1 aliphatic carbocycles. The van der Waals surface area contributed by atoms with Crippen LogP contribution < -0.4 is 10.1 Å². The summed E-state index contributed by atoms with van der Waals surface area (Å²) in [7, 11) is 1.52. The minimum absolute atomic E-state index is 0.260. The number of carbonyl (C=O) groups is 1. The highest BCUT2D eigenvalue weighted by Gasteiger charge is 2.42. The fourth-order valence-electron chi connectivity index (χ4n) is 3.84. The average molecular weight is 489 g/mol. The van der Waals surface area contributed by atoms with E-state index in [1.807, 2.05) is 24.3 Å². The molecule has 0 aliphatic heterocycles. The maximum Gasteiger partial charge on any atom is 0.258 e. The number of rotatable bonds is 6. The molecule has 5 rings (SSSR count). The maximum atomic E-state index is 13.1. The summed E-state index contributed by atoms with van der Waals surface area (Å²) < 4.78 is 5.39. The summed E-state index contributed by atoms with van der Waals surface area (Å²) in [5.41, 5.74) is 3.39. The van der Waals surface area contributed by atoms with Crippen LogP contribution in [-0.4, -0.2) is 33.2 Å². The number of ether oxygens (including phenoxy) is 1. The number of halogens is 1. The number of pyridine rings is 2. The zero-order chi connectivity index (χ0) is 23.7. The van der Waals surface area contributed by atoms with Crippen LogP contribution in [0.3, 0.4) is 0 Å². The average Bonchev–Trinajstić information content (AvgIpc) is 3.54. The van der Waals surface area contributed by atoms with E-state index < -0.39 is 0 Å². The molecule has 10 heteroatoms. The van der Waals surface area contributed by atoms with Gasteiger partial charge in [0, 0.05) is 29.4 Å². The molecule has 0 spiro atoms. The Kier molecular flexibility index (Phi) is 5.92. The number of methoxy groups -OCH3 is 1. The second kappa shape index (κ2) is 9.17. The largest absolute Gasteiger partial charge is 0.494 e. The van der Waals surface area contributed by atoms with Gasteiger partial charge < -0.3 is 4.74 Å². The van der Waals surface area contributed by atoms with Crippen molar-refractivity contribution < 1.29 is 9.53 Å². The first-order chi connectivity index (χ1) is 16.6. The number of nitrogens with zero attached hydrogens (tertiary/aromatic N) is 5. The first kappa shape index (κ1) is 21.9. The highest BCUT2D eigenvalue weighted by molar-refractivity contribution is 7.15. The molecule has 2 atom stereocenters. The highest BCUT2D eigenvalue weighted by Crippen LogP contribution is 2.55. The highest BCUT2D eigenvalue weighted by atomic mass is 35.5. The van der Waals surface area contributed by atoms with Crippen LogP contribution in [0.2, 0.25) is 5.15 Å². The van der Waals surface area contributed by atoms with Crippen molar-refractivity contribution in [1.82, 2.24) is 20.2 Å². The lowest BCUT2D eigenvalue weighted by atomic mass is 10.0. The third kappa shape index (κ3) is 4.33. The van der Waals surface area contributed by atoms with Gasteiger partial charge in [-0.15, -0.1) is 10.2 Å². The van der Waals surface area contributed by atoms with Crippen molar-refractivity contribution in [2.24, 2.45) is 0 Å². The number of anilines is 1. The quantitative estimate of drug-likeness (QED) is 0.377. The molecule has 0 saturated heterocycles. The van der Waals surface area contributed by atoms with Gasteiger partial charge in [-0.3, -0.25) is 15.1 Å². The predicted molar refractivity (Wildman–Crippen MR) is 128 cm³/mol. The fraction of sp³-hybridized carbons (Fsp3) is 0.167. The van der Waals surface area contributed by atoms with Gasteiger partial charge in [-0.1, -0.05) is 35.1 Å². The van der Waals surface area contributed by atoms with E-state index in [-0.39, 0.29) is 17.0 Å². The van der Waals surface area contributed by atoms with Crippen molar-refractivity contribution >= 4 is 34.0 Å². The zero-order valence-corrected chi connectivity index (χ0v) is 19.5. The van der Waals surface area contributed by atoms with Crippen LogP contribution in [0.5, 0.6) is 5.75 Å². The van der Waals surface area contributed by atoms with Crippen molar-refractivity contribution in [2.75, 3.05) is 12.4 Å². The van der Waals surface area contributed by atoms with Crippen molar-refractivity contribution in [3.8, 4) is 22.9 Å². The van der Waals surface area contributed by atoms with Crippen LogP contribution >= 0.6 is 22.9 Å². The van der Waals surface area contributed by atoms with Crippen LogP contribution in [0.15, 0.2) is 55.0 Å². The molecule has 34 heavy (non-hydrogen) atoms. The first-order valence-electron chi connectivity index (χ1n) is 10.4. The number of benzene rings is 1. The molecule has 1 N–H and O–H groups in total. The number of amides is 1. The van der Waals surface area contributed by atoms with Gasteiger partial charge in [-0.25, -0.2) is 4.98 Å². The summed E-state index contributed by atoms with van der Waals surface area (Å²) in [6, 6.07) is 13.0. The van der Waals surface area contributed by atoms with Gasteiger partial charge in [-0.2, -0.15) is 5.26 Å². The minimum Gasteiger partial charge on any atom is -0.494 e. The summed E-state index contributed by atoms with van der Waals surface area (Å²) in [4.78, 5) is 21.3. The van der Waals surface area contributed by atoms with Crippen LogP contribution in [0.1, 0.15) is 44.7 Å². The SMILES string of the molecule is COc1cnc(Cl)cc1-c1cnccc1C(=O)Nc1nnc(C2CC2c2ccc(C#N)cc2)s1. The second-order valence-corrected chi connectivity index (χ2v) is 9.11. The Morgan fingerprint density at radius 2 is 2.00 bits per heavy atom. The third-order valence-electron chi connectivity index (χ3n) is 5.65. The summed E-state index contributed by atoms with van der Waals surface area (Å²) in [5.74, 6) is 0.748. The number of hydrogen-bond donors (Lipinski definition) is 1. The molecule has 8 nitrogen and oxygen atoms in total. The lowest BCUT2D eigenvalue weighted by Gasteiger charge is -2.12. The Hall–Kier alpha value is -3.87. The molecular formula is C24H17ClN6O2S. The fourth-order valence-corrected chi connectivity index (χ4v) is 4.91. The van der Waals surface area contributed by atoms with Crippen LogP contribution in [0.4, 0.5) is 5.13 Å². The van der Waals surface area contributed by atoms with E-state index in [1.165, 1.54) is 30.2 Å². The molecule has 2 unspecified atom stereocenters.